The van der Waals surface area contributed by atoms with E-state index in [2.05, 4.69) is 40.2 Å². The summed E-state index contributed by atoms with van der Waals surface area (Å²) >= 11 is 0. The average Bonchev–Trinajstić information content (AvgIpc) is 2.81. The van der Waals surface area contributed by atoms with Crippen LogP contribution < -0.4 is 5.73 Å². The van der Waals surface area contributed by atoms with E-state index >= 15 is 0 Å². The normalized spacial score (nSPS) is 21.2. The van der Waals surface area contributed by atoms with Gasteiger partial charge in [0.25, 0.3) is 0 Å². The zero-order valence-electron chi connectivity index (χ0n) is 18.9. The van der Waals surface area contributed by atoms with E-state index < -0.39 is 0 Å². The van der Waals surface area contributed by atoms with Gasteiger partial charge in [0.05, 0.1) is 17.7 Å². The van der Waals surface area contributed by atoms with Crippen LogP contribution >= 0.6 is 24.8 Å². The van der Waals surface area contributed by atoms with Gasteiger partial charge in [-0.3, -0.25) is 9.88 Å². The number of para-hydroxylation sites is 1. The van der Waals surface area contributed by atoms with E-state index in [0.29, 0.717) is 18.2 Å². The number of aromatic hydroxyl groups is 1. The van der Waals surface area contributed by atoms with Crippen molar-refractivity contribution in [3.63, 3.8) is 0 Å². The first kappa shape index (κ1) is 25.7. The number of aryl methyl sites for hydroxylation is 1. The first-order valence-corrected chi connectivity index (χ1v) is 11.3. The van der Waals surface area contributed by atoms with Crippen molar-refractivity contribution in [3.05, 3.63) is 70.9 Å². The lowest BCUT2D eigenvalue weighted by molar-refractivity contribution is -0.0651. The van der Waals surface area contributed by atoms with Crippen LogP contribution in [0.2, 0.25) is 0 Å². The van der Waals surface area contributed by atoms with Crippen molar-refractivity contribution in [1.29, 1.82) is 0 Å². The third kappa shape index (κ3) is 5.28. The summed E-state index contributed by atoms with van der Waals surface area (Å²) in [6.07, 6.45) is 4.99. The highest BCUT2D eigenvalue weighted by atomic mass is 35.5. The highest BCUT2D eigenvalue weighted by Crippen LogP contribution is 2.40. The largest absolute Gasteiger partial charge is 0.507 e. The van der Waals surface area contributed by atoms with Crippen LogP contribution in [0.4, 0.5) is 0 Å². The standard InChI is InChI=1S/C26H31N3O2.2ClH/c1-17-6-7-21-22(26(17)30)13-24(31-25(21)14-27)19-8-10-29(11-9-19)16-18-12-20-4-2-3-5-23(20)28-15-18;;/h2-7,12,15,19,24-25,30H,8-11,13-14,16,27H2,1H3;2*1H/t24-,25-;;/m0../s1. The molecule has 0 bridgehead atoms. The molecule has 2 aromatic carbocycles. The van der Waals surface area contributed by atoms with Crippen molar-refractivity contribution in [2.75, 3.05) is 19.6 Å². The summed E-state index contributed by atoms with van der Waals surface area (Å²) in [5.74, 6) is 0.915. The summed E-state index contributed by atoms with van der Waals surface area (Å²) in [7, 11) is 0. The van der Waals surface area contributed by atoms with E-state index in [4.69, 9.17) is 10.5 Å². The molecule has 33 heavy (non-hydrogen) atoms. The molecule has 0 radical (unpaired) electrons. The smallest absolute Gasteiger partial charge is 0.122 e. The van der Waals surface area contributed by atoms with Crippen LogP contribution in [0.3, 0.4) is 0 Å². The number of hydrogen-bond acceptors (Lipinski definition) is 5. The second-order valence-corrected chi connectivity index (χ2v) is 9.05. The number of halogens is 2. The van der Waals surface area contributed by atoms with Gasteiger partial charge in [-0.05, 0) is 67.6 Å². The Morgan fingerprint density at radius 3 is 2.64 bits per heavy atom. The molecule has 2 aliphatic rings. The predicted octanol–water partition coefficient (Wildman–Crippen LogP) is 4.95. The summed E-state index contributed by atoms with van der Waals surface area (Å²) in [5.41, 5.74) is 11.4. The third-order valence-electron chi connectivity index (χ3n) is 7.04. The Labute approximate surface area is 208 Å². The van der Waals surface area contributed by atoms with Crippen LogP contribution in [0.25, 0.3) is 10.9 Å². The number of piperidine rings is 1. The van der Waals surface area contributed by atoms with Crippen molar-refractivity contribution in [2.45, 2.75) is 44.9 Å². The second-order valence-electron chi connectivity index (χ2n) is 9.05. The number of hydrogen-bond donors (Lipinski definition) is 2. The Balaban J connectivity index is 0.00000153. The maximum Gasteiger partial charge on any atom is 0.122 e. The number of fused-ring (bicyclic) bond motifs is 2. The molecule has 1 fully saturated rings. The summed E-state index contributed by atoms with van der Waals surface area (Å²) in [6, 6.07) is 14.6. The lowest BCUT2D eigenvalue weighted by Gasteiger charge is -2.40. The molecule has 0 aliphatic carbocycles. The van der Waals surface area contributed by atoms with Crippen LogP contribution in [0.15, 0.2) is 48.7 Å². The van der Waals surface area contributed by atoms with Crippen molar-refractivity contribution < 1.29 is 9.84 Å². The number of phenols is 1. The summed E-state index contributed by atoms with van der Waals surface area (Å²) < 4.78 is 6.43. The number of pyridine rings is 1. The fourth-order valence-corrected chi connectivity index (χ4v) is 5.22. The van der Waals surface area contributed by atoms with Gasteiger partial charge in [-0.1, -0.05) is 30.3 Å². The molecule has 2 aliphatic heterocycles. The molecule has 5 rings (SSSR count). The van der Waals surface area contributed by atoms with Crippen molar-refractivity contribution >= 4 is 35.7 Å². The van der Waals surface area contributed by atoms with Crippen LogP contribution in [0, 0.1) is 12.8 Å². The van der Waals surface area contributed by atoms with E-state index in [1.807, 2.05) is 25.3 Å². The topological polar surface area (TPSA) is 71.6 Å². The summed E-state index contributed by atoms with van der Waals surface area (Å²) in [5, 5.41) is 11.8. The molecule has 0 spiro atoms. The zero-order chi connectivity index (χ0) is 21.4. The fourth-order valence-electron chi connectivity index (χ4n) is 5.22. The van der Waals surface area contributed by atoms with Crippen LogP contribution in [-0.2, 0) is 17.7 Å². The van der Waals surface area contributed by atoms with Gasteiger partial charge in [-0.15, -0.1) is 24.8 Å². The number of rotatable bonds is 4. The highest BCUT2D eigenvalue weighted by molar-refractivity contribution is 5.85. The van der Waals surface area contributed by atoms with Crippen molar-refractivity contribution in [1.82, 2.24) is 9.88 Å². The number of nitrogens with zero attached hydrogens (tertiary/aromatic N) is 2. The Kier molecular flexibility index (Phi) is 8.59. The van der Waals surface area contributed by atoms with Gasteiger partial charge < -0.3 is 15.6 Å². The zero-order valence-corrected chi connectivity index (χ0v) is 20.6. The van der Waals surface area contributed by atoms with Crippen LogP contribution in [0.5, 0.6) is 5.75 Å². The van der Waals surface area contributed by atoms with Crippen molar-refractivity contribution in [3.8, 4) is 5.75 Å². The molecule has 3 N–H and O–H groups in total. The fraction of sp³-hybridized carbons (Fsp3) is 0.423. The lowest BCUT2D eigenvalue weighted by atomic mass is 9.83. The molecule has 3 heterocycles. The van der Waals surface area contributed by atoms with E-state index in [1.54, 1.807) is 0 Å². The van der Waals surface area contributed by atoms with Crippen LogP contribution in [0.1, 0.15) is 41.2 Å². The SMILES string of the molecule is Cc1ccc2c(c1O)C[C@@H](C1CCN(Cc3cnc4ccccc4c3)CC1)O[C@H]2CN.Cl.Cl. The highest BCUT2D eigenvalue weighted by Gasteiger charge is 2.35. The summed E-state index contributed by atoms with van der Waals surface area (Å²) in [6.45, 7) is 5.44. The maximum absolute atomic E-state index is 10.6. The Hall–Kier alpha value is -1.89. The molecule has 178 valence electrons. The van der Waals surface area contributed by atoms with Gasteiger partial charge in [-0.25, -0.2) is 0 Å². The van der Waals surface area contributed by atoms with Crippen LogP contribution in [-0.4, -0.2) is 40.7 Å². The van der Waals surface area contributed by atoms with Gasteiger partial charge >= 0.3 is 0 Å². The number of nitrogens with two attached hydrogens (primary N) is 1. The van der Waals surface area contributed by atoms with E-state index in [9.17, 15) is 5.11 Å². The number of phenolic OH excluding ortho intramolecular Hbond substituents is 1. The molecular formula is C26H33Cl2N3O2. The summed E-state index contributed by atoms with van der Waals surface area (Å²) in [4.78, 5) is 7.12. The van der Waals surface area contributed by atoms with Crippen molar-refractivity contribution in [2.24, 2.45) is 11.7 Å². The molecule has 1 saturated heterocycles. The van der Waals surface area contributed by atoms with E-state index in [1.165, 1.54) is 10.9 Å². The monoisotopic (exact) mass is 489 g/mol. The number of aromatic nitrogens is 1. The third-order valence-corrected chi connectivity index (χ3v) is 7.04. The first-order valence-electron chi connectivity index (χ1n) is 11.3. The van der Waals surface area contributed by atoms with Gasteiger partial charge in [0.15, 0.2) is 0 Å². The lowest BCUT2D eigenvalue weighted by Crippen LogP contribution is -2.41. The van der Waals surface area contributed by atoms with Gasteiger partial charge in [0, 0.05) is 36.7 Å². The van der Waals surface area contributed by atoms with Gasteiger partial charge in [-0.2, -0.15) is 0 Å². The number of benzene rings is 2. The van der Waals surface area contributed by atoms with Gasteiger partial charge in [0.1, 0.15) is 5.75 Å². The predicted molar refractivity (Wildman–Crippen MR) is 137 cm³/mol. The molecule has 7 heteroatoms. The molecular weight excluding hydrogens is 457 g/mol. The molecule has 0 amide bonds. The molecule has 0 unspecified atom stereocenters. The van der Waals surface area contributed by atoms with E-state index in [-0.39, 0.29) is 37.0 Å². The minimum Gasteiger partial charge on any atom is -0.507 e. The number of likely N-dealkylation sites (tertiary alicyclic amines) is 1. The Morgan fingerprint density at radius 1 is 1.12 bits per heavy atom. The first-order chi connectivity index (χ1) is 15.1. The Bertz CT molecular complexity index is 1090. The maximum atomic E-state index is 10.6. The molecule has 3 aromatic rings. The number of ether oxygens (including phenoxy) is 1. The average molecular weight is 490 g/mol. The van der Waals surface area contributed by atoms with E-state index in [0.717, 1.165) is 61.1 Å². The minimum atomic E-state index is -0.123. The second kappa shape index (κ2) is 11.0. The molecule has 1 aromatic heterocycles. The minimum absolute atomic E-state index is 0. The molecule has 5 nitrogen and oxygen atoms in total. The quantitative estimate of drug-likeness (QED) is 0.542. The Morgan fingerprint density at radius 2 is 1.88 bits per heavy atom. The molecule has 2 atom stereocenters. The molecule has 0 saturated carbocycles. The van der Waals surface area contributed by atoms with Gasteiger partial charge in [0.2, 0.25) is 0 Å².